The normalized spacial score (nSPS) is 52.6. The Morgan fingerprint density at radius 2 is 0.489 bits per heavy atom. The topological polar surface area (TPSA) is 162 Å². The van der Waals surface area contributed by atoms with Gasteiger partial charge in [0.2, 0.25) is 0 Å². The molecule has 11 nitrogen and oxygen atoms in total. The Morgan fingerprint density at radius 1 is 0.378 bits per heavy atom. The van der Waals surface area contributed by atoms with E-state index >= 15 is 0 Å². The average molecular weight is 696 g/mol. The number of rotatable bonds is 0. The second-order valence-corrected chi connectivity index (χ2v) is 16.4. The molecule has 0 spiro atoms. The van der Waals surface area contributed by atoms with E-state index in [4.69, 9.17) is 8.76 Å². The van der Waals surface area contributed by atoms with E-state index in [0.717, 1.165) is 47.3 Å². The summed E-state index contributed by atoms with van der Waals surface area (Å²) < 4.78 is 17.6. The van der Waals surface area contributed by atoms with Crippen molar-refractivity contribution in [1.29, 1.82) is 0 Å². The number of nitrogens with two attached hydrogens (primary N) is 1. The number of nitrogens with one attached hydrogen (secondary N) is 8. The van der Waals surface area contributed by atoms with Crippen LogP contribution in [0.2, 0.25) is 0 Å². The molecule has 9 aliphatic rings. The molecule has 4 aliphatic carbocycles. The molecule has 0 aromatic rings. The zero-order chi connectivity index (χ0) is 29.8. The Kier molecular flexibility index (Phi) is 11.0. The third-order valence-corrected chi connectivity index (χ3v) is 13.8. The first kappa shape index (κ1) is 33.8. The second-order valence-electron chi connectivity index (χ2n) is 15.9. The van der Waals surface area contributed by atoms with Crippen molar-refractivity contribution in [3.63, 3.8) is 0 Å². The molecule has 5 saturated heterocycles. The molecule has 1 radical (unpaired) electrons. The monoisotopic (exact) mass is 695 g/mol. The van der Waals surface area contributed by atoms with Crippen LogP contribution in [0.1, 0.15) is 103 Å². The van der Waals surface area contributed by atoms with Crippen LogP contribution in [0.3, 0.4) is 0 Å². The van der Waals surface area contributed by atoms with Crippen molar-refractivity contribution in [3.05, 3.63) is 0 Å². The SMILES string of the molecule is C1CCC2C3NC(NC4NC(NC5NC(NC6NC(N3)C3CCCCC63)C3CCCCC53)C3CCCCC43)C2C1.NS(=O)[O-].[Cu]. The summed E-state index contributed by atoms with van der Waals surface area (Å²) in [6.07, 6.45) is 25.6. The fourth-order valence-electron chi connectivity index (χ4n) is 12.0. The van der Waals surface area contributed by atoms with Crippen LogP contribution in [0.15, 0.2) is 0 Å². The molecule has 0 amide bonds. The molecule has 9 fully saturated rings. The third-order valence-electron chi connectivity index (χ3n) is 13.8. The van der Waals surface area contributed by atoms with Gasteiger partial charge in [-0.1, -0.05) is 51.4 Å². The predicted octanol–water partition coefficient (Wildman–Crippen LogP) is 1.34. The minimum absolute atomic E-state index is 0. The summed E-state index contributed by atoms with van der Waals surface area (Å²) in [6, 6.07) is 0. The van der Waals surface area contributed by atoms with Crippen molar-refractivity contribution in [1.82, 2.24) is 42.5 Å². The van der Waals surface area contributed by atoms with E-state index < -0.39 is 11.3 Å². The summed E-state index contributed by atoms with van der Waals surface area (Å²) in [6.45, 7) is 0. The van der Waals surface area contributed by atoms with Crippen LogP contribution in [-0.4, -0.2) is 58.1 Å². The zero-order valence-corrected chi connectivity index (χ0v) is 28.4. The molecule has 261 valence electrons. The smallest absolute Gasteiger partial charge is 0.0628 e. The Bertz CT molecular complexity index is 821. The predicted molar refractivity (Wildman–Crippen MR) is 170 cm³/mol. The van der Waals surface area contributed by atoms with Crippen molar-refractivity contribution >= 4 is 11.3 Å². The molecular formula is C32H58CuN9O2S-. The van der Waals surface area contributed by atoms with Crippen LogP contribution in [0.25, 0.3) is 0 Å². The van der Waals surface area contributed by atoms with Crippen molar-refractivity contribution in [2.24, 2.45) is 52.5 Å². The number of hydrogen-bond donors (Lipinski definition) is 9. The fourth-order valence-corrected chi connectivity index (χ4v) is 12.0. The van der Waals surface area contributed by atoms with Gasteiger partial charge < -0.3 is 4.55 Å². The minimum Gasteiger partial charge on any atom is -0.760 e. The van der Waals surface area contributed by atoms with Gasteiger partial charge >= 0.3 is 0 Å². The van der Waals surface area contributed by atoms with E-state index in [9.17, 15) is 0 Å². The maximum absolute atomic E-state index is 8.78. The van der Waals surface area contributed by atoms with Gasteiger partial charge in [0, 0.05) is 28.3 Å². The molecule has 9 rings (SSSR count). The third kappa shape index (κ3) is 6.75. The first-order valence-electron chi connectivity index (χ1n) is 18.5. The molecule has 4 saturated carbocycles. The van der Waals surface area contributed by atoms with Gasteiger partial charge in [0.05, 0.1) is 49.3 Å². The molecule has 0 aromatic carbocycles. The van der Waals surface area contributed by atoms with E-state index in [1.54, 1.807) is 0 Å². The van der Waals surface area contributed by atoms with Crippen LogP contribution >= 0.6 is 0 Å². The van der Waals surface area contributed by atoms with Gasteiger partial charge in [-0.15, -0.1) is 0 Å². The first-order chi connectivity index (χ1) is 21.5. The van der Waals surface area contributed by atoms with Gasteiger partial charge in [0.1, 0.15) is 0 Å². The Morgan fingerprint density at radius 3 is 0.600 bits per heavy atom. The quantitative estimate of drug-likeness (QED) is 0.134. The van der Waals surface area contributed by atoms with Crippen LogP contribution in [0.5, 0.6) is 0 Å². The molecule has 8 bridgehead atoms. The summed E-state index contributed by atoms with van der Waals surface area (Å²) in [5.74, 6) is 5.97. The van der Waals surface area contributed by atoms with Crippen molar-refractivity contribution in [3.8, 4) is 0 Å². The molecule has 0 aromatic heterocycles. The van der Waals surface area contributed by atoms with Crippen LogP contribution < -0.4 is 47.7 Å². The largest absolute Gasteiger partial charge is 0.760 e. The molecule has 10 N–H and O–H groups in total. The molecule has 13 heteroatoms. The molecule has 5 heterocycles. The van der Waals surface area contributed by atoms with Gasteiger partial charge in [0.25, 0.3) is 0 Å². The van der Waals surface area contributed by atoms with Crippen LogP contribution in [0.4, 0.5) is 0 Å². The van der Waals surface area contributed by atoms with Gasteiger partial charge in [-0.3, -0.25) is 51.9 Å². The Balaban J connectivity index is 0.000000617. The Labute approximate surface area is 283 Å². The summed E-state index contributed by atoms with van der Waals surface area (Å²) >= 11 is -2.36. The maximum Gasteiger partial charge on any atom is 0.0628 e. The van der Waals surface area contributed by atoms with E-state index in [0.29, 0.717) is 49.3 Å². The van der Waals surface area contributed by atoms with Gasteiger partial charge in [-0.2, -0.15) is 0 Å². The minimum atomic E-state index is -2.36. The van der Waals surface area contributed by atoms with Gasteiger partial charge in [0.15, 0.2) is 0 Å². The zero-order valence-electron chi connectivity index (χ0n) is 26.7. The molecule has 45 heavy (non-hydrogen) atoms. The van der Waals surface area contributed by atoms with Crippen molar-refractivity contribution in [2.75, 3.05) is 0 Å². The number of hydrogen-bond acceptors (Lipinski definition) is 10. The van der Waals surface area contributed by atoms with Crippen LogP contribution in [-0.2, 0) is 28.3 Å². The van der Waals surface area contributed by atoms with Crippen molar-refractivity contribution < 1.29 is 25.8 Å². The number of fused-ring (bicyclic) bond motifs is 20. The van der Waals surface area contributed by atoms with Gasteiger partial charge in [-0.05, 0) is 98.7 Å². The van der Waals surface area contributed by atoms with E-state index in [-0.39, 0.29) is 17.1 Å². The van der Waals surface area contributed by atoms with Crippen LogP contribution in [0, 0.1) is 47.3 Å². The Hall–Kier alpha value is 0.269. The average Bonchev–Trinajstić information content (AvgIpc) is 3.76. The van der Waals surface area contributed by atoms with Crippen molar-refractivity contribution in [2.45, 2.75) is 152 Å². The van der Waals surface area contributed by atoms with E-state index in [2.05, 4.69) is 47.7 Å². The first-order valence-corrected chi connectivity index (χ1v) is 19.6. The van der Waals surface area contributed by atoms with Gasteiger partial charge in [-0.25, -0.2) is 0 Å². The second kappa shape index (κ2) is 14.6. The van der Waals surface area contributed by atoms with E-state index in [1.165, 1.54) is 103 Å². The summed E-state index contributed by atoms with van der Waals surface area (Å²) in [5, 5.41) is 37.8. The molecule has 9 atom stereocenters. The summed E-state index contributed by atoms with van der Waals surface area (Å²) in [5.41, 5.74) is 0. The molecular weight excluding hydrogens is 638 g/mol. The standard InChI is InChI=1S/C32H56N8.Cu.H3NO2S/c1-2-10-18-17(9-1)25-33-26(18)38-28-21-13-5-6-14-22(21)30(35-28)40-32-24-16-8-7-15-23(24)31(36-32)39-29-20-12-4-3-11-19(20)27(34-29)37-25;;1-4(2)3/h17-40H,1-16H2;;1H2,(H,2,3)/p-1. The summed E-state index contributed by atoms with van der Waals surface area (Å²) in [7, 11) is 0. The molecule has 5 aliphatic heterocycles. The van der Waals surface area contributed by atoms with E-state index in [1.807, 2.05) is 0 Å². The summed E-state index contributed by atoms with van der Waals surface area (Å²) in [4.78, 5) is 0. The molecule has 9 unspecified atom stereocenters. The maximum atomic E-state index is 8.78. The fraction of sp³-hybridized carbons (Fsp3) is 1.00.